The Kier molecular flexibility index (Phi) is 4.16. The number of aliphatic carboxylic acids is 1. The first kappa shape index (κ1) is 15.9. The average molecular weight is 327 g/mol. The molecule has 0 radical (unpaired) electrons. The lowest BCUT2D eigenvalue weighted by molar-refractivity contribution is -0.137. The molecule has 1 N–H and O–H groups in total. The molecule has 0 spiro atoms. The quantitative estimate of drug-likeness (QED) is 0.773. The van der Waals surface area contributed by atoms with Gasteiger partial charge in [-0.3, -0.25) is 14.2 Å². The number of carboxylic acid groups (broad SMARTS) is 1. The second-order valence-electron chi connectivity index (χ2n) is 5.87. The average Bonchev–Trinajstić information content (AvgIpc) is 2.99. The highest BCUT2D eigenvalue weighted by atomic mass is 16.5. The predicted octanol–water partition coefficient (Wildman–Crippen LogP) is 2.65. The smallest absolute Gasteiger partial charge is 0.305 e. The fourth-order valence-electron chi connectivity index (χ4n) is 2.45. The number of benzene rings is 1. The van der Waals surface area contributed by atoms with Crippen LogP contribution in [0.4, 0.5) is 0 Å². The minimum Gasteiger partial charge on any atom is -0.481 e. The van der Waals surface area contributed by atoms with E-state index in [-0.39, 0.29) is 18.5 Å². The molecule has 0 unspecified atom stereocenters. The van der Waals surface area contributed by atoms with Gasteiger partial charge in [0, 0.05) is 12.1 Å². The first-order chi connectivity index (χ1) is 11.5. The largest absolute Gasteiger partial charge is 0.481 e. The number of aromatic nitrogens is 3. The molecular formula is C17H17N3O4. The van der Waals surface area contributed by atoms with Gasteiger partial charge in [0.2, 0.25) is 0 Å². The molecule has 0 aliphatic rings. The number of carboxylic acids is 1. The van der Waals surface area contributed by atoms with Gasteiger partial charge in [-0.1, -0.05) is 43.3 Å². The second-order valence-corrected chi connectivity index (χ2v) is 5.87. The van der Waals surface area contributed by atoms with Crippen molar-refractivity contribution in [1.82, 2.24) is 14.7 Å². The Morgan fingerprint density at radius 1 is 1.29 bits per heavy atom. The van der Waals surface area contributed by atoms with Crippen molar-refractivity contribution in [2.45, 2.75) is 32.7 Å². The number of aryl methyl sites for hydroxylation is 1. The molecule has 7 heteroatoms. The lowest BCUT2D eigenvalue weighted by atomic mass is 10.0. The summed E-state index contributed by atoms with van der Waals surface area (Å²) in [5, 5.41) is 12.7. The fourth-order valence-corrected chi connectivity index (χ4v) is 2.45. The van der Waals surface area contributed by atoms with E-state index in [1.807, 2.05) is 24.3 Å². The maximum Gasteiger partial charge on any atom is 0.305 e. The van der Waals surface area contributed by atoms with E-state index in [0.717, 1.165) is 5.56 Å². The highest BCUT2D eigenvalue weighted by molar-refractivity contribution is 5.87. The molecule has 0 fully saturated rings. The number of fused-ring (bicyclic) bond motifs is 1. The van der Waals surface area contributed by atoms with Crippen molar-refractivity contribution < 1.29 is 14.4 Å². The summed E-state index contributed by atoms with van der Waals surface area (Å²) in [7, 11) is 0. The van der Waals surface area contributed by atoms with Crippen molar-refractivity contribution in [2.24, 2.45) is 0 Å². The summed E-state index contributed by atoms with van der Waals surface area (Å²) >= 11 is 0. The zero-order valence-electron chi connectivity index (χ0n) is 13.4. The van der Waals surface area contributed by atoms with Crippen LogP contribution in [0.1, 0.15) is 31.7 Å². The van der Waals surface area contributed by atoms with Gasteiger partial charge in [-0.05, 0) is 11.5 Å². The van der Waals surface area contributed by atoms with Gasteiger partial charge in [0.1, 0.15) is 11.2 Å². The lowest BCUT2D eigenvalue weighted by Gasteiger charge is -2.05. The number of carbonyl (C=O) groups is 1. The third-order valence-corrected chi connectivity index (χ3v) is 3.87. The van der Waals surface area contributed by atoms with Gasteiger partial charge in [-0.2, -0.15) is 0 Å². The summed E-state index contributed by atoms with van der Waals surface area (Å²) in [6.45, 7) is 4.26. The van der Waals surface area contributed by atoms with Gasteiger partial charge in [-0.25, -0.2) is 4.98 Å². The molecule has 7 nitrogen and oxygen atoms in total. The summed E-state index contributed by atoms with van der Waals surface area (Å²) in [4.78, 5) is 27.2. The Bertz CT molecular complexity index is 939. The molecule has 24 heavy (non-hydrogen) atoms. The normalized spacial score (nSPS) is 11.3. The van der Waals surface area contributed by atoms with Gasteiger partial charge >= 0.3 is 5.97 Å². The molecule has 3 aromatic rings. The van der Waals surface area contributed by atoms with Gasteiger partial charge in [0.15, 0.2) is 0 Å². The van der Waals surface area contributed by atoms with Crippen LogP contribution in [0.2, 0.25) is 0 Å². The van der Waals surface area contributed by atoms with E-state index < -0.39 is 11.5 Å². The number of hydrogen-bond donors (Lipinski definition) is 1. The molecule has 3 rings (SSSR count). The lowest BCUT2D eigenvalue weighted by Crippen LogP contribution is -2.21. The van der Waals surface area contributed by atoms with E-state index in [0.29, 0.717) is 17.1 Å². The first-order valence-electron chi connectivity index (χ1n) is 7.64. The van der Waals surface area contributed by atoms with Gasteiger partial charge in [0.05, 0.1) is 12.7 Å². The van der Waals surface area contributed by atoms with Crippen molar-refractivity contribution in [2.75, 3.05) is 0 Å². The highest BCUT2D eigenvalue weighted by Crippen LogP contribution is 2.26. The van der Waals surface area contributed by atoms with Crippen molar-refractivity contribution in [3.8, 4) is 11.3 Å². The molecule has 0 atom stereocenters. The van der Waals surface area contributed by atoms with Crippen LogP contribution >= 0.6 is 0 Å². The van der Waals surface area contributed by atoms with Crippen LogP contribution in [0.3, 0.4) is 0 Å². The Labute approximate surface area is 137 Å². The fraction of sp³-hybridized carbons (Fsp3) is 0.294. The molecule has 124 valence electrons. The monoisotopic (exact) mass is 327 g/mol. The minimum absolute atomic E-state index is 0.0332. The molecule has 0 saturated carbocycles. The van der Waals surface area contributed by atoms with E-state index in [1.165, 1.54) is 16.5 Å². The summed E-state index contributed by atoms with van der Waals surface area (Å²) in [5.41, 5.74) is 2.50. The SMILES string of the molecule is CC(C)c1ccc(-c2noc3c(=O)n(CCC(=O)O)cnc23)cc1. The maximum absolute atomic E-state index is 12.3. The van der Waals surface area contributed by atoms with Crippen LogP contribution in [0.15, 0.2) is 39.9 Å². The zero-order valence-corrected chi connectivity index (χ0v) is 13.4. The van der Waals surface area contributed by atoms with E-state index >= 15 is 0 Å². The third-order valence-electron chi connectivity index (χ3n) is 3.87. The number of rotatable bonds is 5. The molecule has 0 aliphatic heterocycles. The molecule has 0 aliphatic carbocycles. The molecular weight excluding hydrogens is 310 g/mol. The van der Waals surface area contributed by atoms with Crippen LogP contribution in [0, 0.1) is 0 Å². The summed E-state index contributed by atoms with van der Waals surface area (Å²) in [6, 6.07) is 7.86. The van der Waals surface area contributed by atoms with Gasteiger partial charge in [-0.15, -0.1) is 0 Å². The second kappa shape index (κ2) is 6.27. The van der Waals surface area contributed by atoms with Crippen molar-refractivity contribution in [3.63, 3.8) is 0 Å². The van der Waals surface area contributed by atoms with E-state index in [9.17, 15) is 9.59 Å². The van der Waals surface area contributed by atoms with E-state index in [1.54, 1.807) is 0 Å². The Morgan fingerprint density at radius 3 is 2.62 bits per heavy atom. The van der Waals surface area contributed by atoms with Gasteiger partial charge in [0.25, 0.3) is 11.1 Å². The highest BCUT2D eigenvalue weighted by Gasteiger charge is 2.16. The number of hydrogen-bond acceptors (Lipinski definition) is 5. The Hall–Kier alpha value is -2.96. The van der Waals surface area contributed by atoms with Crippen molar-refractivity contribution >= 4 is 17.1 Å². The topological polar surface area (TPSA) is 98.2 Å². The van der Waals surface area contributed by atoms with Crippen LogP contribution < -0.4 is 5.56 Å². The van der Waals surface area contributed by atoms with Crippen LogP contribution in [0.25, 0.3) is 22.4 Å². The first-order valence-corrected chi connectivity index (χ1v) is 7.64. The maximum atomic E-state index is 12.3. The minimum atomic E-state index is -0.981. The standard InChI is InChI=1S/C17H17N3O4/c1-10(2)11-3-5-12(6-4-11)14-15-16(24-19-14)17(23)20(9-18-15)8-7-13(21)22/h3-6,9-10H,7-8H2,1-2H3,(H,21,22). The van der Waals surface area contributed by atoms with E-state index in [2.05, 4.69) is 24.0 Å². The summed E-state index contributed by atoms with van der Waals surface area (Å²) in [5.74, 6) is -0.557. The molecule has 1 aromatic carbocycles. The Balaban J connectivity index is 2.00. The predicted molar refractivity (Wildman–Crippen MR) is 87.8 cm³/mol. The molecule has 0 amide bonds. The summed E-state index contributed by atoms with van der Waals surface area (Å²) < 4.78 is 6.38. The Morgan fingerprint density at radius 2 is 2.00 bits per heavy atom. The van der Waals surface area contributed by atoms with Crippen molar-refractivity contribution in [1.29, 1.82) is 0 Å². The van der Waals surface area contributed by atoms with Gasteiger partial charge < -0.3 is 9.63 Å². The number of nitrogens with zero attached hydrogens (tertiary/aromatic N) is 3. The third kappa shape index (κ3) is 2.92. The summed E-state index contributed by atoms with van der Waals surface area (Å²) in [6.07, 6.45) is 1.17. The molecule has 0 bridgehead atoms. The van der Waals surface area contributed by atoms with Crippen LogP contribution in [0.5, 0.6) is 0 Å². The molecule has 2 aromatic heterocycles. The molecule has 2 heterocycles. The van der Waals surface area contributed by atoms with E-state index in [4.69, 9.17) is 9.63 Å². The van der Waals surface area contributed by atoms with Crippen LogP contribution in [-0.2, 0) is 11.3 Å². The van der Waals surface area contributed by atoms with Crippen molar-refractivity contribution in [3.05, 3.63) is 46.5 Å². The zero-order chi connectivity index (χ0) is 17.3. The molecule has 0 saturated heterocycles. The van der Waals surface area contributed by atoms with Crippen LogP contribution in [-0.4, -0.2) is 25.8 Å².